The molecule has 3 rings (SSSR count). The number of aromatic nitrogens is 2. The number of carbonyl (C=O) groups is 1. The van der Waals surface area contributed by atoms with Gasteiger partial charge in [0, 0.05) is 64.2 Å². The molecule has 2 aromatic heterocycles. The lowest BCUT2D eigenvalue weighted by molar-refractivity contribution is 0.0940. The van der Waals surface area contributed by atoms with Crippen LogP contribution in [0.2, 0.25) is 0 Å². The van der Waals surface area contributed by atoms with Crippen molar-refractivity contribution in [1.29, 1.82) is 0 Å². The largest absolute Gasteiger partial charge is 0.385 e. The Labute approximate surface area is 176 Å². The molecule has 0 aliphatic rings. The van der Waals surface area contributed by atoms with Gasteiger partial charge in [0.2, 0.25) is 10.0 Å². The number of nitrogens with one attached hydrogen (secondary N) is 1. The summed E-state index contributed by atoms with van der Waals surface area (Å²) >= 11 is 0. The van der Waals surface area contributed by atoms with E-state index in [1.165, 1.54) is 18.4 Å². The maximum Gasteiger partial charge on any atom is 0.267 e. The van der Waals surface area contributed by atoms with Crippen molar-refractivity contribution in [1.82, 2.24) is 19.2 Å². The van der Waals surface area contributed by atoms with Gasteiger partial charge >= 0.3 is 0 Å². The summed E-state index contributed by atoms with van der Waals surface area (Å²) in [6.07, 6.45) is 4.11. The summed E-state index contributed by atoms with van der Waals surface area (Å²) in [7, 11) is 1.03. The molecule has 0 radical (unpaired) electrons. The molecule has 0 bridgehead atoms. The molecule has 160 valence electrons. The number of hydrogen-bond donors (Lipinski definition) is 1. The summed E-state index contributed by atoms with van der Waals surface area (Å²) in [4.78, 5) is 17.1. The van der Waals surface area contributed by atoms with E-state index >= 15 is 0 Å². The van der Waals surface area contributed by atoms with E-state index in [9.17, 15) is 13.2 Å². The number of benzene rings is 1. The minimum absolute atomic E-state index is 0.188. The molecule has 0 spiro atoms. The van der Waals surface area contributed by atoms with Crippen molar-refractivity contribution < 1.29 is 17.9 Å². The van der Waals surface area contributed by atoms with Crippen LogP contribution in [0.4, 0.5) is 0 Å². The molecule has 0 saturated carbocycles. The van der Waals surface area contributed by atoms with Gasteiger partial charge in [-0.15, -0.1) is 0 Å². The topological polar surface area (TPSA) is 93.5 Å². The van der Waals surface area contributed by atoms with Crippen molar-refractivity contribution in [3.63, 3.8) is 0 Å². The van der Waals surface area contributed by atoms with E-state index in [2.05, 4.69) is 10.3 Å². The van der Waals surface area contributed by atoms with Crippen LogP contribution in [-0.4, -0.2) is 62.5 Å². The van der Waals surface area contributed by atoms with Crippen molar-refractivity contribution in [2.24, 2.45) is 0 Å². The second-order valence-electron chi connectivity index (χ2n) is 7.08. The van der Waals surface area contributed by atoms with Gasteiger partial charge in [-0.25, -0.2) is 12.7 Å². The Morgan fingerprint density at radius 3 is 2.57 bits per heavy atom. The first-order valence-electron chi connectivity index (χ1n) is 9.56. The summed E-state index contributed by atoms with van der Waals surface area (Å²) in [6, 6.07) is 10.4. The zero-order chi connectivity index (χ0) is 21.7. The number of carbonyl (C=O) groups excluding carboxylic acids is 1. The maximum atomic E-state index is 12.9. The molecule has 9 heteroatoms. The SMILES string of the molecule is COCCCNC(=O)c1cc2cc(S(=O)(=O)N(C)C)ccc2n1Cc1ccncc1. The second-order valence-corrected chi connectivity index (χ2v) is 9.23. The van der Waals surface area contributed by atoms with Crippen LogP contribution in [0.25, 0.3) is 10.9 Å². The van der Waals surface area contributed by atoms with Crippen LogP contribution in [0.5, 0.6) is 0 Å². The van der Waals surface area contributed by atoms with E-state index in [1.807, 2.05) is 16.7 Å². The smallest absolute Gasteiger partial charge is 0.267 e. The van der Waals surface area contributed by atoms with Gasteiger partial charge in [0.15, 0.2) is 0 Å². The Bertz CT molecular complexity index is 1120. The van der Waals surface area contributed by atoms with Crippen molar-refractivity contribution in [3.8, 4) is 0 Å². The quantitative estimate of drug-likeness (QED) is 0.525. The van der Waals surface area contributed by atoms with Crippen LogP contribution in [0.3, 0.4) is 0 Å². The first-order chi connectivity index (χ1) is 14.3. The van der Waals surface area contributed by atoms with Gasteiger partial charge in [0.1, 0.15) is 5.69 Å². The number of methoxy groups -OCH3 is 1. The molecule has 30 heavy (non-hydrogen) atoms. The highest BCUT2D eigenvalue weighted by atomic mass is 32.2. The van der Waals surface area contributed by atoms with E-state index in [4.69, 9.17) is 4.74 Å². The van der Waals surface area contributed by atoms with Crippen LogP contribution in [0.1, 0.15) is 22.5 Å². The third-order valence-electron chi connectivity index (χ3n) is 4.78. The number of hydrogen-bond acceptors (Lipinski definition) is 5. The van der Waals surface area contributed by atoms with Gasteiger partial charge in [-0.2, -0.15) is 0 Å². The number of sulfonamides is 1. The van der Waals surface area contributed by atoms with Crippen LogP contribution >= 0.6 is 0 Å². The fourth-order valence-electron chi connectivity index (χ4n) is 3.16. The van der Waals surface area contributed by atoms with Gasteiger partial charge in [0.25, 0.3) is 5.91 Å². The highest BCUT2D eigenvalue weighted by molar-refractivity contribution is 7.89. The first kappa shape index (κ1) is 21.9. The first-order valence-corrected chi connectivity index (χ1v) is 11.0. The average molecular weight is 431 g/mol. The molecule has 0 fully saturated rings. The number of nitrogens with zero attached hydrogens (tertiary/aromatic N) is 3. The summed E-state index contributed by atoms with van der Waals surface area (Å²) in [5.41, 5.74) is 2.24. The summed E-state index contributed by atoms with van der Waals surface area (Å²) in [6.45, 7) is 1.52. The fourth-order valence-corrected chi connectivity index (χ4v) is 4.10. The molecule has 8 nitrogen and oxygen atoms in total. The Morgan fingerprint density at radius 1 is 1.17 bits per heavy atom. The Balaban J connectivity index is 2.03. The average Bonchev–Trinajstić information content (AvgIpc) is 3.09. The molecule has 1 amide bonds. The molecule has 0 saturated heterocycles. The molecule has 1 aromatic carbocycles. The number of amides is 1. The maximum absolute atomic E-state index is 12.9. The highest BCUT2D eigenvalue weighted by Gasteiger charge is 2.21. The number of rotatable bonds is 9. The molecule has 0 unspecified atom stereocenters. The van der Waals surface area contributed by atoms with Crippen LogP contribution in [0, 0.1) is 0 Å². The zero-order valence-corrected chi connectivity index (χ0v) is 18.1. The van der Waals surface area contributed by atoms with Crippen LogP contribution < -0.4 is 5.32 Å². The fraction of sp³-hybridized carbons (Fsp3) is 0.333. The molecule has 1 N–H and O–H groups in total. The van der Waals surface area contributed by atoms with Gasteiger partial charge in [-0.05, 0) is 48.4 Å². The van der Waals surface area contributed by atoms with Crippen molar-refractivity contribution in [2.75, 3.05) is 34.4 Å². The lowest BCUT2D eigenvalue weighted by Gasteiger charge is -2.13. The number of ether oxygens (including phenoxy) is 1. The van der Waals surface area contributed by atoms with Crippen molar-refractivity contribution in [2.45, 2.75) is 17.9 Å². The molecule has 0 aliphatic heterocycles. The van der Waals surface area contributed by atoms with Crippen LogP contribution in [-0.2, 0) is 21.3 Å². The van der Waals surface area contributed by atoms with E-state index in [1.54, 1.807) is 43.8 Å². The minimum atomic E-state index is -3.57. The van der Waals surface area contributed by atoms with Crippen molar-refractivity contribution >= 4 is 26.8 Å². The molecule has 2 heterocycles. The van der Waals surface area contributed by atoms with Gasteiger partial charge in [-0.1, -0.05) is 0 Å². The van der Waals surface area contributed by atoms with Gasteiger partial charge in [-0.3, -0.25) is 9.78 Å². The second kappa shape index (κ2) is 9.38. The molecular formula is C21H26N4O4S. The van der Waals surface area contributed by atoms with Crippen LogP contribution in [0.15, 0.2) is 53.7 Å². The third-order valence-corrected chi connectivity index (χ3v) is 6.60. The standard InChI is InChI=1S/C21H26N4O4S/c1-24(2)30(27,28)18-5-6-19-17(13-18)14-20(21(26)23-9-4-12-29-3)25(19)15-16-7-10-22-11-8-16/h5-8,10-11,13-14H,4,9,12,15H2,1-3H3,(H,23,26). The summed E-state index contributed by atoms with van der Waals surface area (Å²) in [5, 5.41) is 3.59. The zero-order valence-electron chi connectivity index (χ0n) is 17.3. The Kier molecular flexibility index (Phi) is 6.86. The van der Waals surface area contributed by atoms with E-state index < -0.39 is 10.0 Å². The Hall–Kier alpha value is -2.75. The van der Waals surface area contributed by atoms with Gasteiger partial charge < -0.3 is 14.6 Å². The molecule has 0 aliphatic carbocycles. The third kappa shape index (κ3) is 4.69. The lowest BCUT2D eigenvalue weighted by Crippen LogP contribution is -2.27. The van der Waals surface area contributed by atoms with E-state index in [0.29, 0.717) is 37.2 Å². The summed E-state index contributed by atoms with van der Waals surface area (Å²) < 4.78 is 33.1. The van der Waals surface area contributed by atoms with E-state index in [0.717, 1.165) is 11.1 Å². The highest BCUT2D eigenvalue weighted by Crippen LogP contribution is 2.25. The predicted molar refractivity (Wildman–Crippen MR) is 115 cm³/mol. The molecule has 3 aromatic rings. The lowest BCUT2D eigenvalue weighted by atomic mass is 10.2. The summed E-state index contributed by atoms with van der Waals surface area (Å²) in [5.74, 6) is -0.214. The van der Waals surface area contributed by atoms with E-state index in [-0.39, 0.29) is 10.8 Å². The molecule has 0 atom stereocenters. The molecular weight excluding hydrogens is 404 g/mol. The predicted octanol–water partition coefficient (Wildman–Crippen LogP) is 2.10. The number of pyridine rings is 1. The van der Waals surface area contributed by atoms with Gasteiger partial charge in [0.05, 0.1) is 4.90 Å². The Morgan fingerprint density at radius 2 is 1.90 bits per heavy atom. The van der Waals surface area contributed by atoms with Crippen molar-refractivity contribution in [3.05, 3.63) is 60.0 Å². The normalized spacial score (nSPS) is 11.9. The minimum Gasteiger partial charge on any atom is -0.385 e. The monoisotopic (exact) mass is 430 g/mol. The number of fused-ring (bicyclic) bond motifs is 1.